The minimum absolute atomic E-state index is 0.0794. The highest BCUT2D eigenvalue weighted by Gasteiger charge is 2.31. The fraction of sp³-hybridized carbons (Fsp3) is 0.211. The summed E-state index contributed by atoms with van der Waals surface area (Å²) in [7, 11) is 0. The summed E-state index contributed by atoms with van der Waals surface area (Å²) in [5.74, 6) is 0.670. The molecule has 0 radical (unpaired) electrons. The highest BCUT2D eigenvalue weighted by atomic mass is 19.4. The quantitative estimate of drug-likeness (QED) is 0.671. The van der Waals surface area contributed by atoms with Crippen LogP contribution in [0.2, 0.25) is 0 Å². The summed E-state index contributed by atoms with van der Waals surface area (Å²) in [6.45, 7) is 0.850. The van der Waals surface area contributed by atoms with Gasteiger partial charge in [0.15, 0.2) is 5.82 Å². The molecule has 0 fully saturated rings. The van der Waals surface area contributed by atoms with E-state index in [0.29, 0.717) is 42.7 Å². The molecule has 1 aromatic carbocycles. The first-order valence-corrected chi connectivity index (χ1v) is 8.63. The van der Waals surface area contributed by atoms with E-state index < -0.39 is 11.7 Å². The van der Waals surface area contributed by atoms with Crippen LogP contribution in [-0.4, -0.2) is 43.9 Å². The maximum absolute atomic E-state index is 13.0. The number of fused-ring (bicyclic) bond motifs is 1. The van der Waals surface area contributed by atoms with Crippen LogP contribution in [0.5, 0.6) is 5.75 Å². The van der Waals surface area contributed by atoms with Gasteiger partial charge in [-0.1, -0.05) is 0 Å². The number of ether oxygens (including phenoxy) is 1. The van der Waals surface area contributed by atoms with Crippen molar-refractivity contribution in [3.8, 4) is 17.1 Å². The molecule has 29 heavy (non-hydrogen) atoms. The molecule has 10 heteroatoms. The smallest absolute Gasteiger partial charge is 0.419 e. The lowest BCUT2D eigenvalue weighted by molar-refractivity contribution is -0.138. The number of benzene rings is 1. The number of aromatic nitrogens is 4. The van der Waals surface area contributed by atoms with Crippen LogP contribution in [0.3, 0.4) is 0 Å². The second-order valence-corrected chi connectivity index (χ2v) is 6.24. The van der Waals surface area contributed by atoms with Crippen molar-refractivity contribution in [2.75, 3.05) is 13.2 Å². The van der Waals surface area contributed by atoms with Crippen LogP contribution < -0.4 is 4.74 Å². The minimum Gasteiger partial charge on any atom is -0.491 e. The lowest BCUT2D eigenvalue weighted by atomic mass is 10.1. The number of halogens is 3. The van der Waals surface area contributed by atoms with Crippen molar-refractivity contribution in [3.05, 3.63) is 66.0 Å². The summed E-state index contributed by atoms with van der Waals surface area (Å²) >= 11 is 0. The first-order valence-electron chi connectivity index (χ1n) is 8.63. The topological polar surface area (TPSA) is 81.1 Å². The summed E-state index contributed by atoms with van der Waals surface area (Å²) < 4.78 is 43.8. The van der Waals surface area contributed by atoms with Gasteiger partial charge in [-0.15, -0.1) is 0 Å². The Kier molecular flexibility index (Phi) is 4.83. The van der Waals surface area contributed by atoms with Crippen LogP contribution in [0.25, 0.3) is 11.4 Å². The Balaban J connectivity index is 1.63. The first kappa shape index (κ1) is 18.8. The molecular weight excluding hydrogens is 387 g/mol. The predicted octanol–water partition coefficient (Wildman–Crippen LogP) is 2.99. The zero-order valence-corrected chi connectivity index (χ0v) is 14.9. The lowest BCUT2D eigenvalue weighted by Crippen LogP contribution is -2.32. The van der Waals surface area contributed by atoms with E-state index in [1.807, 2.05) is 0 Å². The largest absolute Gasteiger partial charge is 0.491 e. The van der Waals surface area contributed by atoms with Crippen molar-refractivity contribution in [2.24, 2.45) is 0 Å². The van der Waals surface area contributed by atoms with E-state index in [1.165, 1.54) is 6.07 Å². The highest BCUT2D eigenvalue weighted by molar-refractivity contribution is 5.98. The van der Waals surface area contributed by atoms with Crippen molar-refractivity contribution in [2.45, 2.75) is 12.7 Å². The fourth-order valence-electron chi connectivity index (χ4n) is 2.86. The molecule has 0 bridgehead atoms. The van der Waals surface area contributed by atoms with E-state index in [2.05, 4.69) is 19.9 Å². The lowest BCUT2D eigenvalue weighted by Gasteiger charge is -2.18. The zero-order chi connectivity index (χ0) is 20.4. The van der Waals surface area contributed by atoms with Gasteiger partial charge in [-0.3, -0.25) is 4.79 Å². The van der Waals surface area contributed by atoms with Gasteiger partial charge >= 0.3 is 6.18 Å². The van der Waals surface area contributed by atoms with Crippen LogP contribution in [0, 0.1) is 0 Å². The van der Waals surface area contributed by atoms with Gasteiger partial charge in [0, 0.05) is 30.4 Å². The second kappa shape index (κ2) is 7.46. The average molecular weight is 401 g/mol. The number of rotatable bonds is 3. The SMILES string of the molecule is O=C1c2cc(-c3ncc(C(F)(F)F)cn3)ccc2OCCN1Cc1ncccn1. The van der Waals surface area contributed by atoms with Gasteiger partial charge in [0.25, 0.3) is 5.91 Å². The number of carbonyl (C=O) groups excluding carboxylic acids is 1. The molecule has 3 aromatic rings. The maximum Gasteiger partial charge on any atom is 0.419 e. The molecule has 0 atom stereocenters. The molecule has 148 valence electrons. The van der Waals surface area contributed by atoms with Gasteiger partial charge in [-0.25, -0.2) is 19.9 Å². The molecule has 0 saturated carbocycles. The maximum atomic E-state index is 13.0. The van der Waals surface area contributed by atoms with E-state index in [-0.39, 0.29) is 23.8 Å². The standard InChI is InChI=1S/C19H14F3N5O2/c20-19(21,22)13-9-25-17(26-10-13)12-2-3-15-14(8-12)18(28)27(6-7-29-15)11-16-23-4-1-5-24-16/h1-5,8-10H,6-7,11H2. The van der Waals surface area contributed by atoms with E-state index in [1.54, 1.807) is 35.5 Å². The van der Waals surface area contributed by atoms with Crippen molar-refractivity contribution >= 4 is 5.91 Å². The third-order valence-electron chi connectivity index (χ3n) is 4.30. The second-order valence-electron chi connectivity index (χ2n) is 6.24. The number of nitrogens with zero attached hydrogens (tertiary/aromatic N) is 5. The summed E-state index contributed by atoms with van der Waals surface area (Å²) in [6.07, 6.45) is 0.0944. The molecule has 3 heterocycles. The molecule has 1 amide bonds. The summed E-state index contributed by atoms with van der Waals surface area (Å²) in [5, 5.41) is 0. The Hall–Kier alpha value is -3.56. The third kappa shape index (κ3) is 4.00. The predicted molar refractivity (Wildman–Crippen MR) is 94.7 cm³/mol. The molecular formula is C19H14F3N5O2. The Morgan fingerprint density at radius 3 is 2.48 bits per heavy atom. The summed E-state index contributed by atoms with van der Waals surface area (Å²) in [6, 6.07) is 6.39. The summed E-state index contributed by atoms with van der Waals surface area (Å²) in [5.41, 5.74) is -0.254. The van der Waals surface area contributed by atoms with Gasteiger partial charge in [-0.05, 0) is 24.3 Å². The van der Waals surface area contributed by atoms with Crippen molar-refractivity contribution < 1.29 is 22.7 Å². The number of hydrogen-bond donors (Lipinski definition) is 0. The third-order valence-corrected chi connectivity index (χ3v) is 4.30. The Morgan fingerprint density at radius 1 is 1.07 bits per heavy atom. The van der Waals surface area contributed by atoms with Crippen LogP contribution in [-0.2, 0) is 12.7 Å². The monoisotopic (exact) mass is 401 g/mol. The zero-order valence-electron chi connectivity index (χ0n) is 14.9. The van der Waals surface area contributed by atoms with Crippen LogP contribution >= 0.6 is 0 Å². The number of amides is 1. The van der Waals surface area contributed by atoms with Gasteiger partial charge < -0.3 is 9.64 Å². The Bertz CT molecular complexity index is 1030. The van der Waals surface area contributed by atoms with E-state index in [4.69, 9.17) is 4.74 Å². The van der Waals surface area contributed by atoms with Gasteiger partial charge in [-0.2, -0.15) is 13.2 Å². The number of hydrogen-bond acceptors (Lipinski definition) is 6. The Morgan fingerprint density at radius 2 is 1.79 bits per heavy atom. The van der Waals surface area contributed by atoms with E-state index in [0.717, 1.165) is 0 Å². The molecule has 2 aromatic heterocycles. The minimum atomic E-state index is -4.52. The van der Waals surface area contributed by atoms with Crippen molar-refractivity contribution in [3.63, 3.8) is 0 Å². The van der Waals surface area contributed by atoms with Crippen molar-refractivity contribution in [1.29, 1.82) is 0 Å². The molecule has 0 aliphatic carbocycles. The highest BCUT2D eigenvalue weighted by Crippen LogP contribution is 2.31. The number of carbonyl (C=O) groups is 1. The molecule has 0 spiro atoms. The van der Waals surface area contributed by atoms with Gasteiger partial charge in [0.1, 0.15) is 18.2 Å². The van der Waals surface area contributed by atoms with E-state index >= 15 is 0 Å². The molecule has 0 unspecified atom stereocenters. The molecule has 7 nitrogen and oxygen atoms in total. The van der Waals surface area contributed by atoms with Crippen molar-refractivity contribution in [1.82, 2.24) is 24.8 Å². The number of alkyl halides is 3. The molecule has 4 rings (SSSR count). The average Bonchev–Trinajstić information content (AvgIpc) is 2.87. The Labute approximate surface area is 163 Å². The summed E-state index contributed by atoms with van der Waals surface area (Å²) in [4.78, 5) is 30.4. The van der Waals surface area contributed by atoms with Crippen LogP contribution in [0.15, 0.2) is 49.1 Å². The molecule has 0 saturated heterocycles. The van der Waals surface area contributed by atoms with E-state index in [9.17, 15) is 18.0 Å². The molecule has 1 aliphatic heterocycles. The molecule has 0 N–H and O–H groups in total. The van der Waals surface area contributed by atoms with Gasteiger partial charge in [0.05, 0.1) is 24.2 Å². The molecule has 1 aliphatic rings. The van der Waals surface area contributed by atoms with Crippen LogP contribution in [0.4, 0.5) is 13.2 Å². The van der Waals surface area contributed by atoms with Crippen LogP contribution in [0.1, 0.15) is 21.7 Å². The fourth-order valence-corrected chi connectivity index (χ4v) is 2.86. The normalized spacial score (nSPS) is 14.2. The van der Waals surface area contributed by atoms with Gasteiger partial charge in [0.2, 0.25) is 0 Å². The first-order chi connectivity index (χ1) is 13.9.